The smallest absolute Gasteiger partial charge is 0.233 e. The van der Waals surface area contributed by atoms with E-state index < -0.39 is 11.6 Å². The lowest BCUT2D eigenvalue weighted by Gasteiger charge is -2.19. The lowest BCUT2D eigenvalue weighted by Crippen LogP contribution is -2.39. The van der Waals surface area contributed by atoms with Crippen LogP contribution in [0.25, 0.3) is 0 Å². The maximum absolute atomic E-state index is 13.1. The molecule has 20 heavy (non-hydrogen) atoms. The summed E-state index contributed by atoms with van der Waals surface area (Å²) in [5.74, 6) is -2.58. The van der Waals surface area contributed by atoms with Gasteiger partial charge in [0.2, 0.25) is 5.91 Å². The van der Waals surface area contributed by atoms with Gasteiger partial charge in [0.05, 0.1) is 13.1 Å². The third kappa shape index (κ3) is 4.70. The molecule has 0 bridgehead atoms. The molecule has 0 radical (unpaired) electrons. The Morgan fingerprint density at radius 1 is 1.20 bits per heavy atom. The third-order valence-electron chi connectivity index (χ3n) is 2.79. The second-order valence-electron chi connectivity index (χ2n) is 4.44. The minimum Gasteiger partial charge on any atom is -0.358 e. The highest BCUT2D eigenvalue weighted by atomic mass is 19.2. The van der Waals surface area contributed by atoms with Crippen molar-refractivity contribution >= 4 is 11.7 Å². The molecular weight excluding hydrogens is 266 g/mol. The first-order valence-electron chi connectivity index (χ1n) is 6.39. The Balaban J connectivity index is 2.74. The van der Waals surface area contributed by atoms with Gasteiger partial charge in [-0.3, -0.25) is 14.5 Å². The summed E-state index contributed by atoms with van der Waals surface area (Å²) in [4.78, 5) is 25.0. The molecular formula is C14H18F2N2O2. The number of carbonyl (C=O) groups is 2. The van der Waals surface area contributed by atoms with Gasteiger partial charge in [0.15, 0.2) is 17.4 Å². The number of ketones is 1. The summed E-state index contributed by atoms with van der Waals surface area (Å²) in [7, 11) is 1.52. The van der Waals surface area contributed by atoms with Crippen molar-refractivity contribution in [2.24, 2.45) is 0 Å². The number of hydrogen-bond acceptors (Lipinski definition) is 3. The maximum atomic E-state index is 13.1. The van der Waals surface area contributed by atoms with Crippen LogP contribution in [0, 0.1) is 11.6 Å². The van der Waals surface area contributed by atoms with Crippen molar-refractivity contribution in [2.45, 2.75) is 13.3 Å². The van der Waals surface area contributed by atoms with Crippen molar-refractivity contribution in [3.8, 4) is 0 Å². The van der Waals surface area contributed by atoms with Crippen LogP contribution in [0.4, 0.5) is 8.78 Å². The van der Waals surface area contributed by atoms with Gasteiger partial charge in [-0.25, -0.2) is 8.78 Å². The largest absolute Gasteiger partial charge is 0.358 e. The van der Waals surface area contributed by atoms with Crippen molar-refractivity contribution < 1.29 is 18.4 Å². The van der Waals surface area contributed by atoms with Gasteiger partial charge < -0.3 is 5.32 Å². The molecule has 0 aliphatic carbocycles. The van der Waals surface area contributed by atoms with Crippen molar-refractivity contribution in [3.63, 3.8) is 0 Å². The van der Waals surface area contributed by atoms with Crippen LogP contribution in [0.1, 0.15) is 23.7 Å². The molecule has 1 aromatic carbocycles. The van der Waals surface area contributed by atoms with E-state index in [0.717, 1.165) is 18.6 Å². The van der Waals surface area contributed by atoms with E-state index in [9.17, 15) is 18.4 Å². The molecule has 0 saturated heterocycles. The number of amides is 1. The summed E-state index contributed by atoms with van der Waals surface area (Å²) in [5.41, 5.74) is 0.0990. The van der Waals surface area contributed by atoms with Gasteiger partial charge in [-0.2, -0.15) is 0 Å². The Hall–Kier alpha value is -1.82. The molecule has 0 aromatic heterocycles. The van der Waals surface area contributed by atoms with Crippen LogP contribution in [0.15, 0.2) is 18.2 Å². The first-order chi connectivity index (χ1) is 9.47. The first-order valence-corrected chi connectivity index (χ1v) is 6.39. The molecule has 0 spiro atoms. The number of benzene rings is 1. The second kappa shape index (κ2) is 7.69. The molecule has 4 nitrogen and oxygen atoms in total. The number of nitrogens with zero attached hydrogens (tertiary/aromatic N) is 1. The van der Waals surface area contributed by atoms with Crippen molar-refractivity contribution in [1.82, 2.24) is 10.2 Å². The number of nitrogens with one attached hydrogen (secondary N) is 1. The molecule has 1 N–H and O–H groups in total. The van der Waals surface area contributed by atoms with Crippen LogP contribution in [0.3, 0.4) is 0 Å². The van der Waals surface area contributed by atoms with E-state index in [4.69, 9.17) is 0 Å². The van der Waals surface area contributed by atoms with Crippen LogP contribution < -0.4 is 5.32 Å². The van der Waals surface area contributed by atoms with E-state index in [-0.39, 0.29) is 30.3 Å². The second-order valence-corrected chi connectivity index (χ2v) is 4.44. The molecule has 110 valence electrons. The first kappa shape index (κ1) is 16.2. The van der Waals surface area contributed by atoms with Crippen molar-refractivity contribution in [3.05, 3.63) is 35.4 Å². The maximum Gasteiger partial charge on any atom is 0.233 e. The highest BCUT2D eigenvalue weighted by molar-refractivity contribution is 5.97. The summed E-state index contributed by atoms with van der Waals surface area (Å²) >= 11 is 0. The van der Waals surface area contributed by atoms with Gasteiger partial charge in [-0.05, 0) is 31.2 Å². The standard InChI is InChI=1S/C14H18F2N2O2/c1-3-6-18(9-14(20)17-2)8-13(19)10-4-5-11(15)12(16)7-10/h4-5,7H,3,6,8-9H2,1-2H3,(H,17,20). The van der Waals surface area contributed by atoms with Crippen LogP contribution in [0.5, 0.6) is 0 Å². The molecule has 1 amide bonds. The summed E-state index contributed by atoms with van der Waals surface area (Å²) < 4.78 is 25.9. The molecule has 0 aliphatic heterocycles. The van der Waals surface area contributed by atoms with E-state index in [1.54, 1.807) is 4.90 Å². The van der Waals surface area contributed by atoms with Crippen LogP contribution in [-0.4, -0.2) is 43.3 Å². The highest BCUT2D eigenvalue weighted by Gasteiger charge is 2.16. The predicted octanol–water partition coefficient (Wildman–Crippen LogP) is 1.61. The zero-order chi connectivity index (χ0) is 15.1. The van der Waals surface area contributed by atoms with Crippen molar-refractivity contribution in [1.29, 1.82) is 0 Å². The molecule has 0 fully saturated rings. The predicted molar refractivity (Wildman–Crippen MR) is 71.5 cm³/mol. The number of carbonyl (C=O) groups excluding carboxylic acids is 2. The fourth-order valence-electron chi connectivity index (χ4n) is 1.78. The molecule has 0 unspecified atom stereocenters. The molecule has 1 aromatic rings. The number of Topliss-reactive ketones (excluding diaryl/α,β-unsaturated/α-hetero) is 1. The van der Waals surface area contributed by atoms with Crippen LogP contribution in [0.2, 0.25) is 0 Å². The number of likely N-dealkylation sites (N-methyl/N-ethyl adjacent to an activating group) is 1. The van der Waals surface area contributed by atoms with Gasteiger partial charge in [0.25, 0.3) is 0 Å². The lowest BCUT2D eigenvalue weighted by molar-refractivity contribution is -0.121. The molecule has 0 saturated carbocycles. The number of rotatable bonds is 7. The summed E-state index contributed by atoms with van der Waals surface area (Å²) in [6, 6.07) is 3.04. The zero-order valence-corrected chi connectivity index (χ0v) is 11.6. The van der Waals surface area contributed by atoms with Gasteiger partial charge in [-0.15, -0.1) is 0 Å². The Kier molecular flexibility index (Phi) is 6.24. The third-order valence-corrected chi connectivity index (χ3v) is 2.79. The topological polar surface area (TPSA) is 49.4 Å². The van der Waals surface area contributed by atoms with Gasteiger partial charge in [0, 0.05) is 12.6 Å². The molecule has 0 heterocycles. The monoisotopic (exact) mass is 284 g/mol. The minimum atomic E-state index is -1.05. The van der Waals surface area contributed by atoms with E-state index in [0.29, 0.717) is 6.54 Å². The van der Waals surface area contributed by atoms with Gasteiger partial charge in [-0.1, -0.05) is 6.92 Å². The van der Waals surface area contributed by atoms with E-state index >= 15 is 0 Å². The SMILES string of the molecule is CCCN(CC(=O)NC)CC(=O)c1ccc(F)c(F)c1. The van der Waals surface area contributed by atoms with E-state index in [2.05, 4.69) is 5.32 Å². The number of halogens is 2. The summed E-state index contributed by atoms with van der Waals surface area (Å²) in [5, 5.41) is 2.48. The normalized spacial score (nSPS) is 10.7. The quantitative estimate of drug-likeness (QED) is 0.774. The molecule has 1 rings (SSSR count). The van der Waals surface area contributed by atoms with Crippen LogP contribution >= 0.6 is 0 Å². The lowest BCUT2D eigenvalue weighted by atomic mass is 10.1. The summed E-state index contributed by atoms with van der Waals surface area (Å²) in [6.45, 7) is 2.59. The average molecular weight is 284 g/mol. The molecule has 6 heteroatoms. The Labute approximate surface area is 116 Å². The molecule has 0 atom stereocenters. The van der Waals surface area contributed by atoms with E-state index in [1.807, 2.05) is 6.92 Å². The van der Waals surface area contributed by atoms with Gasteiger partial charge in [0.1, 0.15) is 0 Å². The Bertz CT molecular complexity index is 492. The average Bonchev–Trinajstić information content (AvgIpc) is 2.41. The van der Waals surface area contributed by atoms with Crippen molar-refractivity contribution in [2.75, 3.05) is 26.7 Å². The minimum absolute atomic E-state index is 0.00761. The fraction of sp³-hybridized carbons (Fsp3) is 0.429. The summed E-state index contributed by atoms with van der Waals surface area (Å²) in [6.07, 6.45) is 0.780. The fourth-order valence-corrected chi connectivity index (χ4v) is 1.78. The van der Waals surface area contributed by atoms with Crippen LogP contribution in [-0.2, 0) is 4.79 Å². The Morgan fingerprint density at radius 3 is 2.45 bits per heavy atom. The van der Waals surface area contributed by atoms with E-state index in [1.165, 1.54) is 13.1 Å². The van der Waals surface area contributed by atoms with Gasteiger partial charge >= 0.3 is 0 Å². The number of hydrogen-bond donors (Lipinski definition) is 1. The zero-order valence-electron chi connectivity index (χ0n) is 11.6. The Morgan fingerprint density at radius 2 is 1.90 bits per heavy atom. The highest BCUT2D eigenvalue weighted by Crippen LogP contribution is 2.10. The molecule has 0 aliphatic rings.